The second-order valence-corrected chi connectivity index (χ2v) is 3.26. The van der Waals surface area contributed by atoms with Crippen molar-refractivity contribution in [3.63, 3.8) is 0 Å². The molecular weight excluding hydrogens is 226 g/mol. The second kappa shape index (κ2) is 9.44. The van der Waals surface area contributed by atoms with E-state index in [0.717, 1.165) is 0 Å². The quantitative estimate of drug-likeness (QED) is 0.454. The maximum Gasteiger partial charge on any atom is 1.00 e. The minimum atomic E-state index is -1.24. The molecule has 0 aliphatic heterocycles. The van der Waals surface area contributed by atoms with Gasteiger partial charge in [0.05, 0.1) is 0 Å². The predicted molar refractivity (Wildman–Crippen MR) is 33.0 cm³/mol. The summed E-state index contributed by atoms with van der Waals surface area (Å²) >= 11 is 0. The molecule has 0 aromatic heterocycles. The van der Waals surface area contributed by atoms with E-state index >= 15 is 0 Å². The molecule has 0 bridgehead atoms. The molecule has 0 amide bonds. The molecule has 0 radical (unpaired) electrons. The first-order chi connectivity index (χ1) is 4.83. The molecule has 0 rings (SSSR count). The number of aliphatic carboxylic acids is 2. The van der Waals surface area contributed by atoms with E-state index in [4.69, 9.17) is 0 Å². The summed E-state index contributed by atoms with van der Waals surface area (Å²) in [5, 5.41) is 20.1. The first-order valence-corrected chi connectivity index (χ1v) is 3.23. The third-order valence-electron chi connectivity index (χ3n) is 1.25. The number of carbonyl (C=O) groups is 2. The molecule has 0 aliphatic rings. The predicted octanol–water partition coefficient (Wildman–Crippen LogP) is -7.70. The Hall–Kier alpha value is 2.21. The summed E-state index contributed by atoms with van der Waals surface area (Å²) in [6, 6.07) is 0. The SMILES string of the molecule is CC(C)(CC(=O)[O-])CC(=O)[O-].[K+].[K+]. The summed E-state index contributed by atoms with van der Waals surface area (Å²) in [5.41, 5.74) is -0.780. The molecule has 0 fully saturated rings. The van der Waals surface area contributed by atoms with Gasteiger partial charge in [-0.2, -0.15) is 0 Å². The van der Waals surface area contributed by atoms with Gasteiger partial charge in [0, 0.05) is 11.9 Å². The van der Waals surface area contributed by atoms with Crippen LogP contribution in [-0.4, -0.2) is 11.9 Å². The van der Waals surface area contributed by atoms with Crippen molar-refractivity contribution in [1.29, 1.82) is 0 Å². The Labute approximate surface area is 163 Å². The van der Waals surface area contributed by atoms with Crippen molar-refractivity contribution in [1.82, 2.24) is 0 Å². The van der Waals surface area contributed by atoms with Crippen molar-refractivity contribution in [3.05, 3.63) is 0 Å². The first kappa shape index (κ1) is 20.6. The largest absolute Gasteiger partial charge is 1.00 e. The molecule has 0 spiro atoms. The van der Waals surface area contributed by atoms with E-state index in [9.17, 15) is 19.8 Å². The number of carbonyl (C=O) groups excluding carboxylic acids is 2. The monoisotopic (exact) mass is 236 g/mol. The van der Waals surface area contributed by atoms with E-state index in [1.165, 1.54) is 0 Å². The van der Waals surface area contributed by atoms with Crippen LogP contribution in [0.2, 0.25) is 0 Å². The molecule has 0 aliphatic carbocycles. The van der Waals surface area contributed by atoms with Crippen LogP contribution < -0.4 is 113 Å². The smallest absolute Gasteiger partial charge is 0.550 e. The summed E-state index contributed by atoms with van der Waals surface area (Å²) in [6.45, 7) is 3.08. The van der Waals surface area contributed by atoms with E-state index in [1.54, 1.807) is 13.8 Å². The molecule has 13 heavy (non-hydrogen) atoms. The van der Waals surface area contributed by atoms with Crippen LogP contribution in [0.4, 0.5) is 0 Å². The van der Waals surface area contributed by atoms with E-state index in [-0.39, 0.29) is 116 Å². The molecule has 0 aromatic carbocycles. The Morgan fingerprint density at radius 1 is 1.00 bits per heavy atom. The number of carboxylic acids is 2. The minimum Gasteiger partial charge on any atom is -0.550 e. The van der Waals surface area contributed by atoms with Crippen molar-refractivity contribution < 1.29 is 123 Å². The summed E-state index contributed by atoms with van der Waals surface area (Å²) in [6.07, 6.45) is -0.526. The zero-order valence-corrected chi connectivity index (χ0v) is 14.8. The van der Waals surface area contributed by atoms with Crippen molar-refractivity contribution in [2.24, 2.45) is 5.41 Å². The van der Waals surface area contributed by atoms with Gasteiger partial charge >= 0.3 is 103 Å². The van der Waals surface area contributed by atoms with Crippen molar-refractivity contribution in [2.45, 2.75) is 26.7 Å². The summed E-state index contributed by atoms with van der Waals surface area (Å²) in [4.78, 5) is 20.1. The topological polar surface area (TPSA) is 80.3 Å². The Kier molecular flexibility index (Phi) is 15.0. The molecule has 0 unspecified atom stereocenters. The average molecular weight is 236 g/mol. The van der Waals surface area contributed by atoms with E-state index < -0.39 is 17.4 Å². The van der Waals surface area contributed by atoms with Crippen molar-refractivity contribution >= 4 is 11.9 Å². The molecule has 0 N–H and O–H groups in total. The molecule has 0 heterocycles. The van der Waals surface area contributed by atoms with Gasteiger partial charge in [-0.05, 0) is 18.3 Å². The maximum atomic E-state index is 10.1. The van der Waals surface area contributed by atoms with Crippen LogP contribution >= 0.6 is 0 Å². The molecule has 64 valence electrons. The minimum absolute atomic E-state index is 0. The van der Waals surface area contributed by atoms with Crippen LogP contribution in [0.15, 0.2) is 0 Å². The van der Waals surface area contributed by atoms with Crippen LogP contribution in [0.5, 0.6) is 0 Å². The Bertz CT molecular complexity index is 161. The number of hydrogen-bond acceptors (Lipinski definition) is 4. The summed E-state index contributed by atoms with van der Waals surface area (Å²) in [5.74, 6) is -2.48. The van der Waals surface area contributed by atoms with Crippen molar-refractivity contribution in [3.8, 4) is 0 Å². The number of carboxylic acid groups (broad SMARTS) is 2. The molecule has 4 nitrogen and oxygen atoms in total. The number of hydrogen-bond donors (Lipinski definition) is 0. The standard InChI is InChI=1S/C7H12O4.2K/c1-7(2,3-5(8)9)4-6(10)11;;/h3-4H2,1-2H3,(H,8,9)(H,10,11);;/q;2*+1/p-2. The normalized spacial score (nSPS) is 9.38. The Morgan fingerprint density at radius 3 is 1.38 bits per heavy atom. The van der Waals surface area contributed by atoms with Gasteiger partial charge in [-0.25, -0.2) is 0 Å². The van der Waals surface area contributed by atoms with Gasteiger partial charge in [-0.1, -0.05) is 13.8 Å². The summed E-state index contributed by atoms with van der Waals surface area (Å²) in [7, 11) is 0. The molecule has 0 saturated carbocycles. The van der Waals surface area contributed by atoms with Crippen LogP contribution in [0.1, 0.15) is 26.7 Å². The Morgan fingerprint density at radius 2 is 1.23 bits per heavy atom. The molecular formula is C7H10K2O4. The second-order valence-electron chi connectivity index (χ2n) is 3.26. The zero-order valence-electron chi connectivity index (χ0n) is 8.55. The van der Waals surface area contributed by atoms with Crippen LogP contribution in [0.3, 0.4) is 0 Å². The summed E-state index contributed by atoms with van der Waals surface area (Å²) < 4.78 is 0. The van der Waals surface area contributed by atoms with Crippen LogP contribution in [0.25, 0.3) is 0 Å². The number of rotatable bonds is 4. The molecule has 0 aromatic rings. The van der Waals surface area contributed by atoms with Gasteiger partial charge in [0.1, 0.15) is 0 Å². The average Bonchev–Trinajstić information content (AvgIpc) is 1.53. The van der Waals surface area contributed by atoms with Gasteiger partial charge in [0.15, 0.2) is 0 Å². The van der Waals surface area contributed by atoms with E-state index in [2.05, 4.69) is 0 Å². The van der Waals surface area contributed by atoms with Gasteiger partial charge in [0.2, 0.25) is 0 Å². The van der Waals surface area contributed by atoms with Crippen LogP contribution in [0, 0.1) is 5.41 Å². The van der Waals surface area contributed by atoms with E-state index in [0.29, 0.717) is 0 Å². The van der Waals surface area contributed by atoms with Gasteiger partial charge < -0.3 is 19.8 Å². The van der Waals surface area contributed by atoms with Gasteiger partial charge in [0.25, 0.3) is 0 Å². The van der Waals surface area contributed by atoms with Gasteiger partial charge in [-0.3, -0.25) is 0 Å². The zero-order chi connectivity index (χ0) is 9.07. The molecule has 0 atom stereocenters. The third kappa shape index (κ3) is 14.2. The van der Waals surface area contributed by atoms with E-state index in [1.807, 2.05) is 0 Å². The van der Waals surface area contributed by atoms with Crippen molar-refractivity contribution in [2.75, 3.05) is 0 Å². The third-order valence-corrected chi connectivity index (χ3v) is 1.25. The van der Waals surface area contributed by atoms with Crippen LogP contribution in [-0.2, 0) is 9.59 Å². The molecule has 0 saturated heterocycles. The maximum absolute atomic E-state index is 10.1. The fraction of sp³-hybridized carbons (Fsp3) is 0.714. The fourth-order valence-electron chi connectivity index (χ4n) is 0.844. The first-order valence-electron chi connectivity index (χ1n) is 3.23. The molecule has 6 heteroatoms. The fourth-order valence-corrected chi connectivity index (χ4v) is 0.844. The van der Waals surface area contributed by atoms with Gasteiger partial charge in [-0.15, -0.1) is 0 Å². The Balaban J connectivity index is -0.000000500.